The fraction of sp³-hybridized carbons (Fsp3) is 0.200. The van der Waals surface area contributed by atoms with Crippen LogP contribution >= 0.6 is 67.8 Å². The number of halogens is 3. The van der Waals surface area contributed by atoms with Gasteiger partial charge in [0.2, 0.25) is 0 Å². The van der Waals surface area contributed by atoms with Crippen molar-refractivity contribution in [3.05, 3.63) is 75.1 Å². The Morgan fingerprint density at radius 3 is 2.56 bits per heavy atom. The SMILES string of the molecule is O=C(Oc1cccc(CI)c1CI)c1cc2cc(CCI)ccc2oc1=O. The summed E-state index contributed by atoms with van der Waals surface area (Å²) in [5, 5.41) is 0.721. The predicted molar refractivity (Wildman–Crippen MR) is 132 cm³/mol. The summed E-state index contributed by atoms with van der Waals surface area (Å²) in [6, 6.07) is 12.8. The summed E-state index contributed by atoms with van der Waals surface area (Å²) >= 11 is 6.84. The Bertz CT molecular complexity index is 1040. The van der Waals surface area contributed by atoms with Gasteiger partial charge in [-0.25, -0.2) is 9.59 Å². The molecule has 7 heteroatoms. The number of carbonyl (C=O) groups excluding carboxylic acids is 1. The van der Waals surface area contributed by atoms with Gasteiger partial charge >= 0.3 is 11.6 Å². The second-order valence-electron chi connectivity index (χ2n) is 5.81. The average molecular weight is 700 g/mol. The normalized spacial score (nSPS) is 10.9. The first-order valence-corrected chi connectivity index (χ1v) is 12.7. The summed E-state index contributed by atoms with van der Waals surface area (Å²) in [6.07, 6.45) is 0.914. The number of fused-ring (bicyclic) bond motifs is 1. The summed E-state index contributed by atoms with van der Waals surface area (Å²) in [5.41, 5.74) is 2.91. The highest BCUT2D eigenvalue weighted by Crippen LogP contribution is 2.28. The van der Waals surface area contributed by atoms with Crippen LogP contribution in [0.15, 0.2) is 51.7 Å². The van der Waals surface area contributed by atoms with E-state index in [-0.39, 0.29) is 5.56 Å². The first-order chi connectivity index (χ1) is 13.1. The van der Waals surface area contributed by atoms with Gasteiger partial charge in [0.15, 0.2) is 0 Å². The van der Waals surface area contributed by atoms with E-state index in [2.05, 4.69) is 67.8 Å². The molecule has 0 unspecified atom stereocenters. The lowest BCUT2D eigenvalue weighted by Gasteiger charge is -2.11. The molecule has 3 rings (SSSR count). The molecule has 0 bridgehead atoms. The van der Waals surface area contributed by atoms with Crippen molar-refractivity contribution in [2.75, 3.05) is 4.43 Å². The summed E-state index contributed by atoms with van der Waals surface area (Å²) in [6.45, 7) is 0. The molecule has 0 spiro atoms. The van der Waals surface area contributed by atoms with Gasteiger partial charge in [-0.1, -0.05) is 86.0 Å². The molecule has 0 N–H and O–H groups in total. The molecule has 3 aromatic rings. The standard InChI is InChI=1S/C20H15I3O4/c21-7-6-12-4-5-17-14(8-12)9-15(19(24)26-17)20(25)27-18-3-1-2-13(10-22)16(18)11-23/h1-5,8-9H,6-7,10-11H2. The molecular weight excluding hydrogens is 685 g/mol. The largest absolute Gasteiger partial charge is 0.422 e. The van der Waals surface area contributed by atoms with Gasteiger partial charge in [0.1, 0.15) is 16.9 Å². The highest BCUT2D eigenvalue weighted by Gasteiger charge is 2.18. The molecule has 0 aliphatic heterocycles. The first-order valence-electron chi connectivity index (χ1n) is 8.15. The fourth-order valence-corrected chi connectivity index (χ4v) is 4.92. The van der Waals surface area contributed by atoms with Crippen LogP contribution in [0.3, 0.4) is 0 Å². The van der Waals surface area contributed by atoms with Crippen LogP contribution in [0, 0.1) is 0 Å². The molecule has 0 saturated carbocycles. The summed E-state index contributed by atoms with van der Waals surface area (Å²) < 4.78 is 13.4. The first kappa shape index (κ1) is 21.0. The lowest BCUT2D eigenvalue weighted by Crippen LogP contribution is -2.19. The Morgan fingerprint density at radius 2 is 1.85 bits per heavy atom. The number of carbonyl (C=O) groups is 1. The molecule has 0 fully saturated rings. The average Bonchev–Trinajstić information content (AvgIpc) is 2.67. The number of rotatable bonds is 6. The van der Waals surface area contributed by atoms with Gasteiger partial charge in [0, 0.05) is 24.2 Å². The van der Waals surface area contributed by atoms with Crippen molar-refractivity contribution in [3.8, 4) is 5.75 Å². The number of hydrogen-bond donors (Lipinski definition) is 0. The van der Waals surface area contributed by atoms with Crippen molar-refractivity contribution in [1.29, 1.82) is 0 Å². The molecule has 0 saturated heterocycles. The molecule has 0 radical (unpaired) electrons. The van der Waals surface area contributed by atoms with Crippen molar-refractivity contribution >= 4 is 84.7 Å². The van der Waals surface area contributed by atoms with Crippen LogP contribution < -0.4 is 10.4 Å². The third-order valence-corrected chi connectivity index (χ3v) is 6.23. The van der Waals surface area contributed by atoms with Crippen molar-refractivity contribution in [3.63, 3.8) is 0 Å². The van der Waals surface area contributed by atoms with Crippen LogP contribution in [0.2, 0.25) is 0 Å². The van der Waals surface area contributed by atoms with Gasteiger partial charge in [0.25, 0.3) is 0 Å². The minimum Gasteiger partial charge on any atom is -0.422 e. The Balaban J connectivity index is 1.98. The zero-order chi connectivity index (χ0) is 19.4. The third kappa shape index (κ3) is 4.84. The molecule has 0 amide bonds. The van der Waals surface area contributed by atoms with Crippen LogP contribution in [0.1, 0.15) is 27.0 Å². The van der Waals surface area contributed by atoms with Gasteiger partial charge < -0.3 is 9.15 Å². The Labute approximate surface area is 197 Å². The number of esters is 1. The molecule has 27 heavy (non-hydrogen) atoms. The number of ether oxygens (including phenoxy) is 1. The second-order valence-corrected chi connectivity index (χ2v) is 8.41. The van der Waals surface area contributed by atoms with E-state index in [1.807, 2.05) is 24.3 Å². The smallest absolute Gasteiger partial charge is 0.351 e. The molecule has 2 aromatic carbocycles. The van der Waals surface area contributed by atoms with E-state index in [1.165, 1.54) is 0 Å². The van der Waals surface area contributed by atoms with Crippen molar-refractivity contribution in [2.45, 2.75) is 15.3 Å². The predicted octanol–water partition coefficient (Wildman–Crippen LogP) is 5.86. The molecule has 0 atom stereocenters. The number of aryl methyl sites for hydroxylation is 1. The summed E-state index contributed by atoms with van der Waals surface area (Å²) in [7, 11) is 0. The highest BCUT2D eigenvalue weighted by atomic mass is 127. The Morgan fingerprint density at radius 1 is 1.04 bits per heavy atom. The van der Waals surface area contributed by atoms with Crippen molar-refractivity contribution in [2.24, 2.45) is 0 Å². The van der Waals surface area contributed by atoms with Crippen LogP contribution in [-0.2, 0) is 15.3 Å². The Hall–Kier alpha value is -0.690. The van der Waals surface area contributed by atoms with E-state index in [0.717, 1.165) is 37.4 Å². The number of benzene rings is 2. The van der Waals surface area contributed by atoms with Crippen molar-refractivity contribution in [1.82, 2.24) is 0 Å². The molecule has 140 valence electrons. The second kappa shape index (κ2) is 9.68. The highest BCUT2D eigenvalue weighted by molar-refractivity contribution is 14.1. The minimum atomic E-state index is -0.693. The molecule has 0 aliphatic rings. The van der Waals surface area contributed by atoms with Crippen LogP contribution in [0.4, 0.5) is 0 Å². The monoisotopic (exact) mass is 700 g/mol. The maximum absolute atomic E-state index is 12.7. The zero-order valence-corrected chi connectivity index (χ0v) is 20.6. The topological polar surface area (TPSA) is 56.5 Å². The molecule has 1 heterocycles. The number of alkyl halides is 3. The maximum Gasteiger partial charge on any atom is 0.351 e. The quantitative estimate of drug-likeness (QED) is 0.106. The molecule has 0 aliphatic carbocycles. The van der Waals surface area contributed by atoms with E-state index < -0.39 is 11.6 Å². The van der Waals surface area contributed by atoms with E-state index >= 15 is 0 Å². The number of hydrogen-bond acceptors (Lipinski definition) is 4. The summed E-state index contributed by atoms with van der Waals surface area (Å²) in [4.78, 5) is 25.0. The molecule has 4 nitrogen and oxygen atoms in total. The van der Waals surface area contributed by atoms with Crippen molar-refractivity contribution < 1.29 is 13.9 Å². The minimum absolute atomic E-state index is 0.0894. The maximum atomic E-state index is 12.7. The zero-order valence-electron chi connectivity index (χ0n) is 14.1. The third-order valence-electron chi connectivity index (χ3n) is 4.11. The van der Waals surface area contributed by atoms with E-state index in [9.17, 15) is 9.59 Å². The van der Waals surface area contributed by atoms with Gasteiger partial charge in [0.05, 0.1) is 0 Å². The fourth-order valence-electron chi connectivity index (χ4n) is 2.72. The molecular formula is C20H15I3O4. The lowest BCUT2D eigenvalue weighted by atomic mass is 10.1. The van der Waals surface area contributed by atoms with Crippen LogP contribution in [0.5, 0.6) is 5.75 Å². The van der Waals surface area contributed by atoms with Crippen LogP contribution in [-0.4, -0.2) is 10.4 Å². The van der Waals surface area contributed by atoms with E-state index in [1.54, 1.807) is 18.2 Å². The van der Waals surface area contributed by atoms with Gasteiger partial charge in [-0.2, -0.15) is 0 Å². The van der Waals surface area contributed by atoms with Crippen LogP contribution in [0.25, 0.3) is 11.0 Å². The molecule has 1 aromatic heterocycles. The Kier molecular flexibility index (Phi) is 7.54. The summed E-state index contributed by atoms with van der Waals surface area (Å²) in [5.74, 6) is -0.205. The van der Waals surface area contributed by atoms with Gasteiger partial charge in [-0.15, -0.1) is 0 Å². The lowest BCUT2D eigenvalue weighted by molar-refractivity contribution is 0.0729. The van der Waals surface area contributed by atoms with Gasteiger partial charge in [-0.3, -0.25) is 0 Å². The van der Waals surface area contributed by atoms with Gasteiger partial charge in [-0.05, 0) is 41.8 Å². The van der Waals surface area contributed by atoms with E-state index in [4.69, 9.17) is 9.15 Å². The van der Waals surface area contributed by atoms with E-state index in [0.29, 0.717) is 15.8 Å².